The predicted octanol–water partition coefficient (Wildman–Crippen LogP) is 4.34. The van der Waals surface area contributed by atoms with Crippen LogP contribution in [0.15, 0.2) is 53.3 Å². The van der Waals surface area contributed by atoms with Gasteiger partial charge in [0.15, 0.2) is 0 Å². The minimum Gasteiger partial charge on any atom is -0.495 e. The second-order valence-corrected chi connectivity index (χ2v) is 7.41. The number of benzene rings is 2. The molecule has 3 aromatic rings. The van der Waals surface area contributed by atoms with Crippen LogP contribution in [0.25, 0.3) is 16.8 Å². The molecule has 0 saturated carbocycles. The van der Waals surface area contributed by atoms with Gasteiger partial charge < -0.3 is 14.7 Å². The number of nitrogens with zero attached hydrogens (tertiary/aromatic N) is 2. The summed E-state index contributed by atoms with van der Waals surface area (Å²) in [6, 6.07) is 12.6. The van der Waals surface area contributed by atoms with Crippen LogP contribution < -0.4 is 10.3 Å². The van der Waals surface area contributed by atoms with E-state index in [4.69, 9.17) is 16.3 Å². The maximum atomic E-state index is 13.8. The van der Waals surface area contributed by atoms with Gasteiger partial charge in [-0.3, -0.25) is 9.36 Å². The lowest BCUT2D eigenvalue weighted by Crippen LogP contribution is -2.38. The van der Waals surface area contributed by atoms with Gasteiger partial charge in [-0.25, -0.2) is 9.18 Å². The van der Waals surface area contributed by atoms with E-state index in [-0.39, 0.29) is 17.1 Å². The van der Waals surface area contributed by atoms with Crippen LogP contribution in [-0.2, 0) is 13.0 Å². The van der Waals surface area contributed by atoms with Crippen molar-refractivity contribution in [2.75, 3.05) is 13.7 Å². The van der Waals surface area contributed by atoms with Gasteiger partial charge in [0, 0.05) is 29.7 Å². The van der Waals surface area contributed by atoms with E-state index in [1.165, 1.54) is 30.2 Å². The van der Waals surface area contributed by atoms with E-state index in [2.05, 4.69) is 0 Å². The van der Waals surface area contributed by atoms with Gasteiger partial charge in [-0.15, -0.1) is 0 Å². The second-order valence-electron chi connectivity index (χ2n) is 6.98. The third-order valence-corrected chi connectivity index (χ3v) is 5.37. The molecular formula is C22H18ClFN2O4. The summed E-state index contributed by atoms with van der Waals surface area (Å²) in [7, 11) is 1.49. The molecule has 4 rings (SSSR count). The molecule has 0 atom stereocenters. The number of amides is 1. The molecule has 1 N–H and O–H groups in total. The van der Waals surface area contributed by atoms with Gasteiger partial charge in [0.1, 0.15) is 11.6 Å². The second kappa shape index (κ2) is 7.84. The standard InChI is InChI=1S/C22H18ClFN2O4/c1-30-20-10-13(15-8-16(23)11-17(24)9-15)2-4-19(20)26-18-6-7-25(22(28)29)12-14(18)3-5-21(26)27/h2-5,8-11H,6-7,12H2,1H3,(H,28,29). The van der Waals surface area contributed by atoms with Crippen LogP contribution in [0, 0.1) is 5.82 Å². The summed E-state index contributed by atoms with van der Waals surface area (Å²) in [6.45, 7) is 0.515. The molecule has 2 heterocycles. The van der Waals surface area contributed by atoms with Crippen molar-refractivity contribution in [3.8, 4) is 22.6 Å². The van der Waals surface area contributed by atoms with Gasteiger partial charge in [-0.05, 0) is 53.1 Å². The highest BCUT2D eigenvalue weighted by atomic mass is 35.5. The molecular weight excluding hydrogens is 411 g/mol. The molecule has 1 aliphatic rings. The van der Waals surface area contributed by atoms with Crippen LogP contribution in [0.4, 0.5) is 9.18 Å². The van der Waals surface area contributed by atoms with E-state index in [1.807, 2.05) is 0 Å². The smallest absolute Gasteiger partial charge is 0.407 e. The van der Waals surface area contributed by atoms with Gasteiger partial charge in [-0.2, -0.15) is 0 Å². The number of carbonyl (C=O) groups is 1. The lowest BCUT2D eigenvalue weighted by molar-refractivity contribution is 0.139. The first-order valence-corrected chi connectivity index (χ1v) is 9.61. The normalized spacial score (nSPS) is 13.1. The molecule has 0 fully saturated rings. The minimum atomic E-state index is -0.992. The zero-order valence-corrected chi connectivity index (χ0v) is 16.8. The van der Waals surface area contributed by atoms with E-state index in [0.29, 0.717) is 35.5 Å². The van der Waals surface area contributed by atoms with E-state index in [1.54, 1.807) is 34.9 Å². The Balaban J connectivity index is 1.83. The molecule has 30 heavy (non-hydrogen) atoms. The predicted molar refractivity (Wildman–Crippen MR) is 111 cm³/mol. The van der Waals surface area contributed by atoms with Gasteiger partial charge in [-0.1, -0.05) is 17.7 Å². The molecule has 1 aromatic heterocycles. The fourth-order valence-electron chi connectivity index (χ4n) is 3.75. The number of carboxylic acid groups (broad SMARTS) is 1. The average molecular weight is 429 g/mol. The fraction of sp³-hybridized carbons (Fsp3) is 0.182. The summed E-state index contributed by atoms with van der Waals surface area (Å²) in [5, 5.41) is 9.55. The molecule has 8 heteroatoms. The van der Waals surface area contributed by atoms with Crippen molar-refractivity contribution in [1.82, 2.24) is 9.47 Å². The maximum Gasteiger partial charge on any atom is 0.407 e. The Morgan fingerprint density at radius 2 is 1.93 bits per heavy atom. The Morgan fingerprint density at radius 3 is 2.63 bits per heavy atom. The fourth-order valence-corrected chi connectivity index (χ4v) is 3.97. The van der Waals surface area contributed by atoms with Crippen LogP contribution in [-0.4, -0.2) is 34.3 Å². The SMILES string of the molecule is COc1cc(-c2cc(F)cc(Cl)c2)ccc1-n1c2c(ccc1=O)CN(C(=O)O)CC2. The number of fused-ring (bicyclic) bond motifs is 1. The molecule has 154 valence electrons. The summed E-state index contributed by atoms with van der Waals surface area (Å²) in [5.74, 6) is -0.0130. The lowest BCUT2D eigenvalue weighted by atomic mass is 10.0. The van der Waals surface area contributed by atoms with Crippen molar-refractivity contribution >= 4 is 17.7 Å². The number of aromatic nitrogens is 1. The van der Waals surface area contributed by atoms with Gasteiger partial charge in [0.25, 0.3) is 5.56 Å². The topological polar surface area (TPSA) is 71.8 Å². The van der Waals surface area contributed by atoms with Crippen LogP contribution >= 0.6 is 11.6 Å². The monoisotopic (exact) mass is 428 g/mol. The number of halogens is 2. The molecule has 2 aromatic carbocycles. The molecule has 0 spiro atoms. The number of hydrogen-bond acceptors (Lipinski definition) is 3. The van der Waals surface area contributed by atoms with Crippen molar-refractivity contribution in [2.24, 2.45) is 0 Å². The minimum absolute atomic E-state index is 0.215. The van der Waals surface area contributed by atoms with Crippen LogP contribution in [0.5, 0.6) is 5.75 Å². The highest BCUT2D eigenvalue weighted by molar-refractivity contribution is 6.30. The Bertz CT molecular complexity index is 1190. The average Bonchev–Trinajstić information content (AvgIpc) is 2.72. The highest BCUT2D eigenvalue weighted by Crippen LogP contribution is 2.32. The van der Waals surface area contributed by atoms with Crippen molar-refractivity contribution in [2.45, 2.75) is 13.0 Å². The largest absolute Gasteiger partial charge is 0.495 e. The summed E-state index contributed by atoms with van der Waals surface area (Å²) >= 11 is 5.97. The van der Waals surface area contributed by atoms with E-state index < -0.39 is 11.9 Å². The quantitative estimate of drug-likeness (QED) is 0.673. The molecule has 6 nitrogen and oxygen atoms in total. The number of methoxy groups -OCH3 is 1. The number of ether oxygens (including phenoxy) is 1. The van der Waals surface area contributed by atoms with E-state index >= 15 is 0 Å². The molecule has 0 unspecified atom stereocenters. The lowest BCUT2D eigenvalue weighted by Gasteiger charge is -2.28. The van der Waals surface area contributed by atoms with Crippen molar-refractivity contribution in [3.05, 3.63) is 81.0 Å². The zero-order chi connectivity index (χ0) is 21.4. The van der Waals surface area contributed by atoms with Crippen molar-refractivity contribution in [1.29, 1.82) is 0 Å². The Kier molecular flexibility index (Phi) is 5.22. The first kappa shape index (κ1) is 20.0. The number of pyridine rings is 1. The molecule has 0 aliphatic carbocycles. The van der Waals surface area contributed by atoms with Gasteiger partial charge >= 0.3 is 6.09 Å². The molecule has 0 bridgehead atoms. The summed E-state index contributed by atoms with van der Waals surface area (Å²) in [6.07, 6.45) is -0.587. The summed E-state index contributed by atoms with van der Waals surface area (Å²) in [5.41, 5.74) is 3.09. The number of hydrogen-bond donors (Lipinski definition) is 1. The maximum absolute atomic E-state index is 13.8. The van der Waals surface area contributed by atoms with Gasteiger partial charge in [0.2, 0.25) is 0 Å². The Hall–Kier alpha value is -3.32. The van der Waals surface area contributed by atoms with Crippen molar-refractivity contribution < 1.29 is 19.0 Å². The van der Waals surface area contributed by atoms with Crippen molar-refractivity contribution in [3.63, 3.8) is 0 Å². The molecule has 1 amide bonds. The first-order chi connectivity index (χ1) is 14.4. The first-order valence-electron chi connectivity index (χ1n) is 9.24. The van der Waals surface area contributed by atoms with Crippen LogP contribution in [0.1, 0.15) is 11.3 Å². The van der Waals surface area contributed by atoms with Crippen LogP contribution in [0.2, 0.25) is 5.02 Å². The van der Waals surface area contributed by atoms with E-state index in [9.17, 15) is 19.1 Å². The van der Waals surface area contributed by atoms with Crippen LogP contribution in [0.3, 0.4) is 0 Å². The third-order valence-electron chi connectivity index (χ3n) is 5.15. The molecule has 1 aliphatic heterocycles. The molecule has 0 radical (unpaired) electrons. The zero-order valence-electron chi connectivity index (χ0n) is 16.1. The van der Waals surface area contributed by atoms with Gasteiger partial charge in [0.05, 0.1) is 19.3 Å². The highest BCUT2D eigenvalue weighted by Gasteiger charge is 2.24. The summed E-state index contributed by atoms with van der Waals surface area (Å²) in [4.78, 5) is 25.3. The third kappa shape index (κ3) is 3.64. The Morgan fingerprint density at radius 1 is 1.13 bits per heavy atom. The summed E-state index contributed by atoms with van der Waals surface area (Å²) < 4.78 is 20.9. The number of rotatable bonds is 3. The Labute approximate surface area is 176 Å². The van der Waals surface area contributed by atoms with E-state index in [0.717, 1.165) is 11.3 Å². The molecule has 0 saturated heterocycles.